The molecule has 0 saturated carbocycles. The van der Waals surface area contributed by atoms with Crippen molar-refractivity contribution in [3.8, 4) is 11.5 Å². The minimum atomic E-state index is -1.88. The van der Waals surface area contributed by atoms with Gasteiger partial charge in [0, 0.05) is 0 Å². The van der Waals surface area contributed by atoms with Crippen LogP contribution in [0.2, 0.25) is 0 Å². The summed E-state index contributed by atoms with van der Waals surface area (Å²) in [4.78, 5) is 0. The molecule has 1 aromatic carbocycles. The Kier molecular flexibility index (Phi) is 7.52. The van der Waals surface area contributed by atoms with E-state index in [1.54, 1.807) is 12.1 Å². The fourth-order valence-electron chi connectivity index (χ4n) is 3.35. The van der Waals surface area contributed by atoms with Crippen molar-refractivity contribution in [1.29, 1.82) is 0 Å². The summed E-state index contributed by atoms with van der Waals surface area (Å²) in [6, 6.07) is 4.59. The Morgan fingerprint density at radius 3 is 2.52 bits per heavy atom. The van der Waals surface area contributed by atoms with Crippen LogP contribution < -0.4 is 4.74 Å². The number of aromatic hydroxyl groups is 1. The van der Waals surface area contributed by atoms with Gasteiger partial charge in [-0.25, -0.2) is 0 Å². The third-order valence-corrected chi connectivity index (χ3v) is 5.32. The van der Waals surface area contributed by atoms with Crippen LogP contribution in [0.25, 0.3) is 0 Å². The molecule has 8 atom stereocenters. The number of hydrogen-bond donors (Lipinski definition) is 7. The molecule has 31 heavy (non-hydrogen) atoms. The largest absolute Gasteiger partial charge is 0.504 e. The number of phenols is 1. The highest BCUT2D eigenvalue weighted by molar-refractivity contribution is 5.42. The molecule has 0 radical (unpaired) electrons. The van der Waals surface area contributed by atoms with E-state index in [1.165, 1.54) is 12.1 Å². The SMILES string of the molecule is C=CCc1ccc(O)c(O[C@@H]2O[C@H](CO[C@@H]3OC[C@](O)(CO)[C@H]3O)[C@@H](O)[C@H](O)[C@H]2O)c1. The van der Waals surface area contributed by atoms with Crippen LogP contribution in [-0.2, 0) is 20.6 Å². The van der Waals surface area contributed by atoms with Gasteiger partial charge < -0.3 is 54.7 Å². The first kappa shape index (κ1) is 23.9. The van der Waals surface area contributed by atoms with Crippen LogP contribution in [0.3, 0.4) is 0 Å². The van der Waals surface area contributed by atoms with Crippen LogP contribution in [0, 0.1) is 0 Å². The lowest BCUT2D eigenvalue weighted by Gasteiger charge is -2.40. The molecule has 0 aromatic heterocycles. The van der Waals surface area contributed by atoms with Crippen molar-refractivity contribution in [2.75, 3.05) is 19.8 Å². The van der Waals surface area contributed by atoms with Crippen LogP contribution in [0.5, 0.6) is 11.5 Å². The maximum atomic E-state index is 10.2. The van der Waals surface area contributed by atoms with Gasteiger partial charge in [0.05, 0.1) is 19.8 Å². The third kappa shape index (κ3) is 5.00. The summed E-state index contributed by atoms with van der Waals surface area (Å²) >= 11 is 0. The molecule has 11 heteroatoms. The van der Waals surface area contributed by atoms with E-state index in [0.29, 0.717) is 6.42 Å². The Hall–Kier alpha value is -1.80. The molecule has 7 N–H and O–H groups in total. The summed E-state index contributed by atoms with van der Waals surface area (Å²) < 4.78 is 21.5. The lowest BCUT2D eigenvalue weighted by Crippen LogP contribution is -2.60. The molecule has 2 aliphatic heterocycles. The lowest BCUT2D eigenvalue weighted by molar-refractivity contribution is -0.289. The minimum Gasteiger partial charge on any atom is -0.504 e. The topological polar surface area (TPSA) is 179 Å². The van der Waals surface area contributed by atoms with E-state index >= 15 is 0 Å². The molecule has 174 valence electrons. The maximum absolute atomic E-state index is 10.2. The zero-order chi connectivity index (χ0) is 22.8. The fraction of sp³-hybridized carbons (Fsp3) is 0.600. The second kappa shape index (κ2) is 9.77. The smallest absolute Gasteiger partial charge is 0.229 e. The van der Waals surface area contributed by atoms with Gasteiger partial charge in [-0.1, -0.05) is 12.1 Å². The summed E-state index contributed by atoms with van der Waals surface area (Å²) in [7, 11) is 0. The van der Waals surface area contributed by atoms with Crippen molar-refractivity contribution >= 4 is 0 Å². The van der Waals surface area contributed by atoms with Gasteiger partial charge in [-0.2, -0.15) is 0 Å². The van der Waals surface area contributed by atoms with Crippen molar-refractivity contribution in [2.24, 2.45) is 0 Å². The van der Waals surface area contributed by atoms with E-state index in [-0.39, 0.29) is 18.1 Å². The van der Waals surface area contributed by atoms with Crippen LogP contribution >= 0.6 is 0 Å². The molecule has 2 aliphatic rings. The maximum Gasteiger partial charge on any atom is 0.229 e. The van der Waals surface area contributed by atoms with Gasteiger partial charge in [0.1, 0.15) is 36.1 Å². The molecule has 0 bridgehead atoms. The summed E-state index contributed by atoms with van der Waals surface area (Å²) in [5.41, 5.74) is -1.11. The summed E-state index contributed by atoms with van der Waals surface area (Å²) in [5, 5.41) is 69.9. The molecule has 0 amide bonds. The third-order valence-electron chi connectivity index (χ3n) is 5.32. The fourth-order valence-corrected chi connectivity index (χ4v) is 3.35. The Morgan fingerprint density at radius 2 is 1.87 bits per heavy atom. The van der Waals surface area contributed by atoms with Gasteiger partial charge in [-0.15, -0.1) is 6.58 Å². The summed E-state index contributed by atoms with van der Waals surface area (Å²) in [5.74, 6) is -0.225. The highest BCUT2D eigenvalue weighted by atomic mass is 16.7. The monoisotopic (exact) mass is 444 g/mol. The number of aliphatic hydroxyl groups is 6. The van der Waals surface area contributed by atoms with Crippen molar-refractivity contribution in [3.05, 3.63) is 36.4 Å². The minimum absolute atomic E-state index is 0.00536. The molecular formula is C20H28O11. The van der Waals surface area contributed by atoms with Crippen molar-refractivity contribution in [2.45, 2.75) is 55.1 Å². The highest BCUT2D eigenvalue weighted by Crippen LogP contribution is 2.32. The van der Waals surface area contributed by atoms with Gasteiger partial charge >= 0.3 is 0 Å². The zero-order valence-corrected chi connectivity index (χ0v) is 16.6. The van der Waals surface area contributed by atoms with E-state index in [4.69, 9.17) is 18.9 Å². The number of rotatable bonds is 8. The molecule has 2 saturated heterocycles. The van der Waals surface area contributed by atoms with E-state index in [2.05, 4.69) is 6.58 Å². The molecule has 0 aliphatic carbocycles. The van der Waals surface area contributed by atoms with Crippen molar-refractivity contribution in [1.82, 2.24) is 0 Å². The second-order valence-corrected chi connectivity index (χ2v) is 7.65. The van der Waals surface area contributed by atoms with Gasteiger partial charge in [-0.3, -0.25) is 0 Å². The Bertz CT molecular complexity index is 759. The highest BCUT2D eigenvalue weighted by Gasteiger charge is 2.50. The molecule has 2 heterocycles. The van der Waals surface area contributed by atoms with Crippen LogP contribution in [0.1, 0.15) is 5.56 Å². The van der Waals surface area contributed by atoms with Gasteiger partial charge in [0.2, 0.25) is 6.29 Å². The first-order chi connectivity index (χ1) is 14.7. The number of aliphatic hydroxyl groups excluding tert-OH is 5. The zero-order valence-electron chi connectivity index (χ0n) is 16.6. The van der Waals surface area contributed by atoms with E-state index in [1.807, 2.05) is 0 Å². The number of ether oxygens (including phenoxy) is 4. The van der Waals surface area contributed by atoms with Crippen molar-refractivity contribution in [3.63, 3.8) is 0 Å². The van der Waals surface area contributed by atoms with E-state index in [0.717, 1.165) is 5.56 Å². The van der Waals surface area contributed by atoms with E-state index < -0.39 is 61.9 Å². The molecule has 0 spiro atoms. The Morgan fingerprint density at radius 1 is 1.13 bits per heavy atom. The van der Waals surface area contributed by atoms with Crippen molar-refractivity contribution < 1.29 is 54.7 Å². The first-order valence-electron chi connectivity index (χ1n) is 9.74. The quantitative estimate of drug-likeness (QED) is 0.216. The number of hydrogen-bond acceptors (Lipinski definition) is 11. The average molecular weight is 444 g/mol. The number of benzene rings is 1. The molecule has 1 aromatic rings. The van der Waals surface area contributed by atoms with Crippen LogP contribution in [0.15, 0.2) is 30.9 Å². The second-order valence-electron chi connectivity index (χ2n) is 7.65. The lowest BCUT2D eigenvalue weighted by atomic mass is 9.99. The van der Waals surface area contributed by atoms with Gasteiger partial charge in [0.15, 0.2) is 17.8 Å². The normalized spacial score (nSPS) is 38.2. The number of phenolic OH excluding ortho intramolecular Hbond substituents is 1. The molecule has 0 unspecified atom stereocenters. The van der Waals surface area contributed by atoms with Gasteiger partial charge in [0.25, 0.3) is 0 Å². The number of allylic oxidation sites excluding steroid dienone is 1. The van der Waals surface area contributed by atoms with E-state index in [9.17, 15) is 35.7 Å². The van der Waals surface area contributed by atoms with Crippen LogP contribution in [-0.4, -0.2) is 104 Å². The van der Waals surface area contributed by atoms with Crippen LogP contribution in [0.4, 0.5) is 0 Å². The molecule has 3 rings (SSSR count). The van der Waals surface area contributed by atoms with Gasteiger partial charge in [-0.05, 0) is 24.1 Å². The molecule has 2 fully saturated rings. The molecular weight excluding hydrogens is 416 g/mol. The molecule has 11 nitrogen and oxygen atoms in total. The predicted octanol–water partition coefficient (Wildman–Crippen LogP) is -2.24. The standard InChI is InChI=1S/C20H28O11/c1-2-3-10-4-5-11(22)12(6-10)30-18-16(25)15(24)14(23)13(31-18)7-28-19-17(26)20(27,8-21)9-29-19/h2,4-6,13-19,21-27H,1,3,7-9H2/t13-,14-,15+,16-,17+,18-,19-,20-/m1/s1. The Labute approximate surface area is 178 Å². The Balaban J connectivity index is 1.67. The predicted molar refractivity (Wildman–Crippen MR) is 103 cm³/mol. The summed E-state index contributed by atoms with van der Waals surface area (Å²) in [6.45, 7) is 2.12. The average Bonchev–Trinajstić information content (AvgIpc) is 3.04. The first-order valence-corrected chi connectivity index (χ1v) is 9.74. The summed E-state index contributed by atoms with van der Waals surface area (Å²) in [6.07, 6.45) is -8.22.